The Hall–Kier alpha value is -1.13. The highest BCUT2D eigenvalue weighted by molar-refractivity contribution is 7.98. The molecule has 1 heterocycles. The zero-order valence-electron chi connectivity index (χ0n) is 11.3. The largest absolute Gasteiger partial charge is 0.298 e. The normalized spacial score (nSPS) is 11.5. The number of thioether (sulfide) groups is 1. The van der Waals surface area contributed by atoms with Gasteiger partial charge in [0.15, 0.2) is 0 Å². The summed E-state index contributed by atoms with van der Waals surface area (Å²) in [4.78, 5) is 16.5. The van der Waals surface area contributed by atoms with Crippen molar-refractivity contribution in [2.45, 2.75) is 36.8 Å². The number of thiazole rings is 1. The summed E-state index contributed by atoms with van der Waals surface area (Å²) in [5.41, 5.74) is 1.98. The van der Waals surface area contributed by atoms with Gasteiger partial charge < -0.3 is 0 Å². The molecule has 1 aromatic heterocycles. The topological polar surface area (TPSA) is 30.0 Å². The van der Waals surface area contributed by atoms with E-state index in [1.54, 1.807) is 23.1 Å². The zero-order valence-corrected chi connectivity index (χ0v) is 13.0. The molecule has 4 heteroatoms. The molecule has 0 N–H and O–H groups in total. The molecule has 0 saturated heterocycles. The highest BCUT2D eigenvalue weighted by Crippen LogP contribution is 2.28. The third kappa shape index (κ3) is 3.91. The number of aldehydes is 1. The van der Waals surface area contributed by atoms with Crippen molar-refractivity contribution >= 4 is 29.4 Å². The predicted octanol–water partition coefficient (Wildman–Crippen LogP) is 4.55. The van der Waals surface area contributed by atoms with Crippen LogP contribution in [0.25, 0.3) is 0 Å². The lowest BCUT2D eigenvalue weighted by molar-refractivity contribution is 0.112. The van der Waals surface area contributed by atoms with Gasteiger partial charge in [-0.2, -0.15) is 0 Å². The highest BCUT2D eigenvalue weighted by atomic mass is 32.2. The van der Waals surface area contributed by atoms with Crippen LogP contribution in [0.5, 0.6) is 0 Å². The van der Waals surface area contributed by atoms with Crippen LogP contribution in [0.2, 0.25) is 0 Å². The van der Waals surface area contributed by atoms with Crippen molar-refractivity contribution in [3.05, 3.63) is 45.9 Å². The number of rotatable bonds is 4. The molecule has 0 fully saturated rings. The minimum atomic E-state index is 0.108. The van der Waals surface area contributed by atoms with E-state index in [-0.39, 0.29) is 5.41 Å². The molecule has 0 atom stereocenters. The average Bonchev–Trinajstić information content (AvgIpc) is 2.85. The van der Waals surface area contributed by atoms with Gasteiger partial charge in [0.2, 0.25) is 0 Å². The second-order valence-electron chi connectivity index (χ2n) is 5.36. The van der Waals surface area contributed by atoms with Gasteiger partial charge in [-0.3, -0.25) is 4.79 Å². The van der Waals surface area contributed by atoms with Gasteiger partial charge >= 0.3 is 0 Å². The molecular weight excluding hydrogens is 274 g/mol. The summed E-state index contributed by atoms with van der Waals surface area (Å²) >= 11 is 3.42. The number of benzene rings is 1. The first-order chi connectivity index (χ1) is 8.99. The minimum absolute atomic E-state index is 0.108. The van der Waals surface area contributed by atoms with Gasteiger partial charge in [0.25, 0.3) is 0 Å². The van der Waals surface area contributed by atoms with E-state index in [9.17, 15) is 4.79 Å². The number of hydrogen-bond acceptors (Lipinski definition) is 4. The van der Waals surface area contributed by atoms with Crippen LogP contribution < -0.4 is 0 Å². The molecule has 19 heavy (non-hydrogen) atoms. The monoisotopic (exact) mass is 291 g/mol. The molecule has 1 aromatic carbocycles. The second kappa shape index (κ2) is 5.88. The summed E-state index contributed by atoms with van der Waals surface area (Å²) in [5.74, 6) is 0.850. The maximum absolute atomic E-state index is 10.7. The third-order valence-electron chi connectivity index (χ3n) is 2.68. The quantitative estimate of drug-likeness (QED) is 0.611. The van der Waals surface area contributed by atoms with Crippen LogP contribution in [0.15, 0.2) is 34.5 Å². The lowest BCUT2D eigenvalue weighted by Gasteiger charge is -2.14. The average molecular weight is 291 g/mol. The van der Waals surface area contributed by atoms with E-state index in [1.807, 2.05) is 24.3 Å². The van der Waals surface area contributed by atoms with E-state index >= 15 is 0 Å². The Bertz CT molecular complexity index is 570. The van der Waals surface area contributed by atoms with Crippen LogP contribution in [0.3, 0.4) is 0 Å². The van der Waals surface area contributed by atoms with Crippen LogP contribution in [0.1, 0.15) is 41.8 Å². The van der Waals surface area contributed by atoms with E-state index in [2.05, 4.69) is 31.1 Å². The first-order valence-corrected chi connectivity index (χ1v) is 7.98. The van der Waals surface area contributed by atoms with Gasteiger partial charge in [-0.1, -0.05) is 32.9 Å². The first-order valence-electron chi connectivity index (χ1n) is 6.12. The molecule has 0 radical (unpaired) electrons. The molecule has 0 aliphatic carbocycles. The number of carbonyl (C=O) groups is 1. The molecule has 0 spiro atoms. The number of nitrogens with zero attached hydrogens (tertiary/aromatic N) is 1. The van der Waals surface area contributed by atoms with E-state index in [4.69, 9.17) is 0 Å². The number of hydrogen-bond donors (Lipinski definition) is 0. The molecule has 2 aromatic rings. The highest BCUT2D eigenvalue weighted by Gasteiger charge is 2.17. The fraction of sp³-hybridized carbons (Fsp3) is 0.333. The van der Waals surface area contributed by atoms with Crippen LogP contribution in [0, 0.1) is 0 Å². The van der Waals surface area contributed by atoms with Crippen molar-refractivity contribution < 1.29 is 4.79 Å². The zero-order chi connectivity index (χ0) is 13.9. The van der Waals surface area contributed by atoms with Crippen molar-refractivity contribution in [3.8, 4) is 0 Å². The maximum atomic E-state index is 10.7. The van der Waals surface area contributed by atoms with Gasteiger partial charge in [0.1, 0.15) is 11.3 Å². The summed E-state index contributed by atoms with van der Waals surface area (Å²) in [6, 6.07) is 7.67. The van der Waals surface area contributed by atoms with Crippen molar-refractivity contribution in [2.24, 2.45) is 0 Å². The molecule has 0 bridgehead atoms. The van der Waals surface area contributed by atoms with Gasteiger partial charge in [0, 0.05) is 21.3 Å². The van der Waals surface area contributed by atoms with Gasteiger partial charge in [0.05, 0.1) is 11.4 Å². The Morgan fingerprint density at radius 2 is 2.16 bits per heavy atom. The number of carbonyl (C=O) groups excluding carboxylic acids is 1. The van der Waals surface area contributed by atoms with Gasteiger partial charge in [-0.15, -0.1) is 23.1 Å². The second-order valence-corrected chi connectivity index (χ2v) is 7.35. The maximum Gasteiger partial charge on any atom is 0.150 e. The number of aromatic nitrogens is 1. The molecule has 0 amide bonds. The Labute approximate surface area is 122 Å². The Balaban J connectivity index is 2.02. The molecule has 0 unspecified atom stereocenters. The summed E-state index contributed by atoms with van der Waals surface area (Å²) < 4.78 is 0. The summed E-state index contributed by atoms with van der Waals surface area (Å²) in [6.45, 7) is 6.52. The van der Waals surface area contributed by atoms with Crippen LogP contribution in [0.4, 0.5) is 0 Å². The van der Waals surface area contributed by atoms with Crippen LogP contribution in [-0.2, 0) is 11.2 Å². The van der Waals surface area contributed by atoms with E-state index < -0.39 is 0 Å². The standard InChI is InChI=1S/C15H17NOS2/c1-15(2,3)13-9-19-14(16-13)10-18-12-6-4-5-11(7-12)8-17/h4-9H,10H2,1-3H3. The summed E-state index contributed by atoms with van der Waals surface area (Å²) in [6.07, 6.45) is 0.880. The lowest BCUT2D eigenvalue weighted by Crippen LogP contribution is -2.11. The summed E-state index contributed by atoms with van der Waals surface area (Å²) in [5, 5.41) is 3.27. The molecular formula is C15H17NOS2. The molecule has 0 aliphatic heterocycles. The molecule has 0 saturated carbocycles. The SMILES string of the molecule is CC(C)(C)c1csc(CSc2cccc(C=O)c2)n1. The third-order valence-corrected chi connectivity index (χ3v) is 4.71. The van der Waals surface area contributed by atoms with Crippen LogP contribution in [-0.4, -0.2) is 11.3 Å². The smallest absolute Gasteiger partial charge is 0.150 e. The molecule has 2 nitrogen and oxygen atoms in total. The Kier molecular flexibility index (Phi) is 4.42. The van der Waals surface area contributed by atoms with E-state index in [0.717, 1.165) is 33.2 Å². The van der Waals surface area contributed by atoms with Crippen molar-refractivity contribution in [2.75, 3.05) is 0 Å². The van der Waals surface area contributed by atoms with E-state index in [1.165, 1.54) is 0 Å². The lowest BCUT2D eigenvalue weighted by atomic mass is 9.93. The van der Waals surface area contributed by atoms with Gasteiger partial charge in [-0.25, -0.2) is 4.98 Å². The van der Waals surface area contributed by atoms with Crippen LogP contribution >= 0.6 is 23.1 Å². The fourth-order valence-electron chi connectivity index (χ4n) is 1.54. The van der Waals surface area contributed by atoms with Crippen molar-refractivity contribution in [1.29, 1.82) is 0 Å². The fourth-order valence-corrected chi connectivity index (χ4v) is 3.55. The Morgan fingerprint density at radius 3 is 2.79 bits per heavy atom. The first kappa shape index (κ1) is 14.3. The molecule has 0 aliphatic rings. The molecule has 100 valence electrons. The predicted molar refractivity (Wildman–Crippen MR) is 82.2 cm³/mol. The van der Waals surface area contributed by atoms with E-state index in [0.29, 0.717) is 0 Å². The van der Waals surface area contributed by atoms with Crippen molar-refractivity contribution in [1.82, 2.24) is 4.98 Å². The Morgan fingerprint density at radius 1 is 1.37 bits per heavy atom. The molecule has 2 rings (SSSR count). The van der Waals surface area contributed by atoms with Gasteiger partial charge in [-0.05, 0) is 12.1 Å². The van der Waals surface area contributed by atoms with Crippen molar-refractivity contribution in [3.63, 3.8) is 0 Å². The summed E-state index contributed by atoms with van der Waals surface area (Å²) in [7, 11) is 0. The minimum Gasteiger partial charge on any atom is -0.298 e.